The minimum atomic E-state index is -1.02. The molecule has 6 atom stereocenters. The second-order valence-corrected chi connectivity index (χ2v) is 13.2. The molecule has 14 heteroatoms. The first-order chi connectivity index (χ1) is 24.2. The number of rotatable bonds is 39. The number of hydrogen-bond donors (Lipinski definition) is 7. The van der Waals surface area contributed by atoms with E-state index in [4.69, 9.17) is 38.6 Å². The molecule has 0 spiro atoms. The van der Waals surface area contributed by atoms with E-state index in [0.717, 1.165) is 19.3 Å². The summed E-state index contributed by atoms with van der Waals surface area (Å²) >= 11 is 0. The standard InChI is InChI=1S/C36H72O14/c1-2-3-4-5-6-7-8-9-10-11-12-13-14-15-16-17-36(44)50-29-35(43)28-49-27-34(42)26-48-25-33(41)24-47-23-32(40)22-46-21-31(39)20-45-19-30(38)18-37/h30-35,37-43H,2-29H2,1H3. The van der Waals surface area contributed by atoms with E-state index in [1.165, 1.54) is 77.0 Å². The molecule has 0 radical (unpaired) electrons. The lowest BCUT2D eigenvalue weighted by atomic mass is 10.0. The highest BCUT2D eigenvalue weighted by Crippen LogP contribution is 2.14. The van der Waals surface area contributed by atoms with Crippen LogP contribution in [0.1, 0.15) is 110 Å². The molecule has 0 aliphatic heterocycles. The lowest BCUT2D eigenvalue weighted by Crippen LogP contribution is -2.31. The van der Waals surface area contributed by atoms with Gasteiger partial charge in [0.25, 0.3) is 0 Å². The number of aliphatic hydroxyl groups is 7. The third kappa shape index (κ3) is 35.4. The number of carbonyl (C=O) groups excluding carboxylic acids is 1. The average Bonchev–Trinajstić information content (AvgIpc) is 3.08. The van der Waals surface area contributed by atoms with Gasteiger partial charge in [0.2, 0.25) is 0 Å². The molecule has 0 saturated carbocycles. The summed E-state index contributed by atoms with van der Waals surface area (Å²) in [4.78, 5) is 12.0. The van der Waals surface area contributed by atoms with Crippen LogP contribution in [0.2, 0.25) is 0 Å². The summed E-state index contributed by atoms with van der Waals surface area (Å²) in [5, 5.41) is 67.4. The number of carbonyl (C=O) groups is 1. The molecule has 0 aromatic rings. The van der Waals surface area contributed by atoms with Crippen molar-refractivity contribution in [2.24, 2.45) is 0 Å². The number of ether oxygens (including phenoxy) is 6. The molecule has 50 heavy (non-hydrogen) atoms. The van der Waals surface area contributed by atoms with E-state index in [-0.39, 0.29) is 78.6 Å². The summed E-state index contributed by atoms with van der Waals surface area (Å²) in [6, 6.07) is 0. The lowest BCUT2D eigenvalue weighted by Gasteiger charge is -2.17. The van der Waals surface area contributed by atoms with E-state index in [1.54, 1.807) is 0 Å². The fourth-order valence-electron chi connectivity index (χ4n) is 4.90. The van der Waals surface area contributed by atoms with E-state index in [9.17, 15) is 30.3 Å². The molecule has 6 unspecified atom stereocenters. The molecule has 0 heterocycles. The van der Waals surface area contributed by atoms with E-state index >= 15 is 0 Å². The van der Waals surface area contributed by atoms with E-state index < -0.39 is 43.2 Å². The van der Waals surface area contributed by atoms with Crippen LogP contribution < -0.4 is 0 Å². The van der Waals surface area contributed by atoms with Gasteiger partial charge < -0.3 is 64.2 Å². The molecule has 300 valence electrons. The van der Waals surface area contributed by atoms with Gasteiger partial charge in [-0.3, -0.25) is 4.79 Å². The van der Waals surface area contributed by atoms with E-state index in [0.29, 0.717) is 6.42 Å². The van der Waals surface area contributed by atoms with Gasteiger partial charge in [0, 0.05) is 6.42 Å². The summed E-state index contributed by atoms with van der Waals surface area (Å²) in [6.07, 6.45) is 13.2. The molecule has 0 aliphatic carbocycles. The van der Waals surface area contributed by atoms with Crippen LogP contribution in [0.4, 0.5) is 0 Å². The molecular weight excluding hydrogens is 656 g/mol. The maximum absolute atomic E-state index is 12.0. The topological polar surface area (TPSA) is 214 Å². The molecular formula is C36H72O14. The largest absolute Gasteiger partial charge is 0.463 e. The Kier molecular flexibility index (Phi) is 35.6. The third-order valence-electron chi connectivity index (χ3n) is 7.73. The first kappa shape index (κ1) is 49.0. The summed E-state index contributed by atoms with van der Waals surface area (Å²) in [6.45, 7) is 0.451. The number of hydrogen-bond acceptors (Lipinski definition) is 14. The van der Waals surface area contributed by atoms with Gasteiger partial charge in [-0.25, -0.2) is 0 Å². The Morgan fingerprint density at radius 3 is 0.960 bits per heavy atom. The minimum Gasteiger partial charge on any atom is -0.463 e. The van der Waals surface area contributed by atoms with Gasteiger partial charge in [-0.1, -0.05) is 96.8 Å². The average molecular weight is 729 g/mol. The van der Waals surface area contributed by atoms with Gasteiger partial charge in [0.15, 0.2) is 0 Å². The molecule has 0 fully saturated rings. The van der Waals surface area contributed by atoms with Crippen molar-refractivity contribution >= 4 is 5.97 Å². The van der Waals surface area contributed by atoms with Crippen LogP contribution in [-0.4, -0.2) is 158 Å². The monoisotopic (exact) mass is 728 g/mol. The molecule has 0 rings (SSSR count). The molecule has 14 nitrogen and oxygen atoms in total. The van der Waals surface area contributed by atoms with Crippen molar-refractivity contribution in [2.45, 2.75) is 146 Å². The first-order valence-electron chi connectivity index (χ1n) is 18.9. The summed E-state index contributed by atoms with van der Waals surface area (Å²) in [7, 11) is 0. The first-order valence-corrected chi connectivity index (χ1v) is 18.9. The third-order valence-corrected chi connectivity index (χ3v) is 7.73. The zero-order valence-corrected chi connectivity index (χ0v) is 30.8. The molecule has 0 aliphatic rings. The second kappa shape index (κ2) is 36.4. The maximum Gasteiger partial charge on any atom is 0.305 e. The van der Waals surface area contributed by atoms with Crippen LogP contribution in [0.5, 0.6) is 0 Å². The van der Waals surface area contributed by atoms with Gasteiger partial charge in [-0.2, -0.15) is 0 Å². The fraction of sp³-hybridized carbons (Fsp3) is 0.972. The second-order valence-electron chi connectivity index (χ2n) is 13.2. The van der Waals surface area contributed by atoms with Crippen molar-refractivity contribution in [1.29, 1.82) is 0 Å². The van der Waals surface area contributed by atoms with Gasteiger partial charge >= 0.3 is 5.97 Å². The summed E-state index contributed by atoms with van der Waals surface area (Å²) < 4.78 is 31.1. The zero-order chi connectivity index (χ0) is 37.1. The Bertz CT molecular complexity index is 718. The Labute approximate surface area is 300 Å². The fourth-order valence-corrected chi connectivity index (χ4v) is 4.90. The zero-order valence-electron chi connectivity index (χ0n) is 30.8. The molecule has 0 aromatic heterocycles. The van der Waals surface area contributed by atoms with E-state index in [2.05, 4.69) is 6.92 Å². The van der Waals surface area contributed by atoms with Crippen molar-refractivity contribution in [3.63, 3.8) is 0 Å². The SMILES string of the molecule is CCCCCCCCCCCCCCCCCC(=O)OCC(O)COCC(O)COCC(O)COCC(O)COCC(O)COCC(O)CO. The van der Waals surface area contributed by atoms with Crippen LogP contribution in [0.3, 0.4) is 0 Å². The number of esters is 1. The Hall–Kier alpha value is -1.01. The minimum absolute atomic E-state index is 0.102. The van der Waals surface area contributed by atoms with Crippen molar-refractivity contribution in [3.8, 4) is 0 Å². The lowest BCUT2D eigenvalue weighted by molar-refractivity contribution is -0.148. The van der Waals surface area contributed by atoms with Crippen LogP contribution in [-0.2, 0) is 33.2 Å². The van der Waals surface area contributed by atoms with Gasteiger partial charge in [-0.15, -0.1) is 0 Å². The van der Waals surface area contributed by atoms with Crippen molar-refractivity contribution < 1.29 is 69.0 Å². The highest BCUT2D eigenvalue weighted by molar-refractivity contribution is 5.69. The van der Waals surface area contributed by atoms with Gasteiger partial charge in [0.1, 0.15) is 43.2 Å². The van der Waals surface area contributed by atoms with Crippen LogP contribution in [0.15, 0.2) is 0 Å². The normalized spacial score (nSPS) is 15.4. The quantitative estimate of drug-likeness (QED) is 0.0357. The number of unbranched alkanes of at least 4 members (excludes halogenated alkanes) is 14. The van der Waals surface area contributed by atoms with Crippen molar-refractivity contribution in [1.82, 2.24) is 0 Å². The van der Waals surface area contributed by atoms with Gasteiger partial charge in [-0.05, 0) is 6.42 Å². The van der Waals surface area contributed by atoms with Crippen LogP contribution in [0.25, 0.3) is 0 Å². The van der Waals surface area contributed by atoms with Crippen LogP contribution >= 0.6 is 0 Å². The smallest absolute Gasteiger partial charge is 0.305 e. The Morgan fingerprint density at radius 1 is 0.400 bits per heavy atom. The molecule has 0 amide bonds. The van der Waals surface area contributed by atoms with Crippen molar-refractivity contribution in [2.75, 3.05) is 79.3 Å². The number of aliphatic hydroxyl groups excluding tert-OH is 7. The molecule has 7 N–H and O–H groups in total. The van der Waals surface area contributed by atoms with Crippen molar-refractivity contribution in [3.05, 3.63) is 0 Å². The summed E-state index contributed by atoms with van der Waals surface area (Å²) in [5.41, 5.74) is 0. The Balaban J connectivity index is 3.59. The predicted molar refractivity (Wildman–Crippen MR) is 188 cm³/mol. The van der Waals surface area contributed by atoms with Crippen LogP contribution in [0, 0.1) is 0 Å². The Morgan fingerprint density at radius 2 is 0.660 bits per heavy atom. The molecule has 0 aromatic carbocycles. The maximum atomic E-state index is 12.0. The molecule has 0 saturated heterocycles. The summed E-state index contributed by atoms with van der Waals surface area (Å²) in [5.74, 6) is -0.340. The van der Waals surface area contributed by atoms with Gasteiger partial charge in [0.05, 0.1) is 72.7 Å². The highest BCUT2D eigenvalue weighted by Gasteiger charge is 2.14. The van der Waals surface area contributed by atoms with E-state index in [1.807, 2.05) is 0 Å². The predicted octanol–water partition coefficient (Wildman–Crippen LogP) is 2.03. The highest BCUT2D eigenvalue weighted by atomic mass is 16.6. The molecule has 0 bridgehead atoms.